The summed E-state index contributed by atoms with van der Waals surface area (Å²) in [6, 6.07) is 14.8. The van der Waals surface area contributed by atoms with Crippen LogP contribution in [0.1, 0.15) is 70.0 Å². The Morgan fingerprint density at radius 1 is 1.02 bits per heavy atom. The van der Waals surface area contributed by atoms with Gasteiger partial charge in [0.15, 0.2) is 4.80 Å². The van der Waals surface area contributed by atoms with Crippen LogP contribution in [0.3, 0.4) is 0 Å². The van der Waals surface area contributed by atoms with Gasteiger partial charge in [0.05, 0.1) is 35.2 Å². The number of rotatable bonds is 10. The van der Waals surface area contributed by atoms with Crippen molar-refractivity contribution < 1.29 is 14.3 Å². The van der Waals surface area contributed by atoms with Crippen molar-refractivity contribution in [2.45, 2.75) is 63.8 Å². The van der Waals surface area contributed by atoms with Gasteiger partial charge >= 0.3 is 5.97 Å². The van der Waals surface area contributed by atoms with E-state index in [1.54, 1.807) is 30.2 Å². The van der Waals surface area contributed by atoms with Crippen LogP contribution in [0.4, 0.5) is 5.69 Å². The molecule has 0 saturated carbocycles. The molecule has 0 fully saturated rings. The maximum Gasteiger partial charge on any atom is 0.338 e. The van der Waals surface area contributed by atoms with Crippen LogP contribution in [0.15, 0.2) is 74.5 Å². The number of nitrogens with zero attached hydrogens (tertiary/aromatic N) is 3. The summed E-state index contributed by atoms with van der Waals surface area (Å²) in [6.45, 7) is 6.53. The first-order valence-corrected chi connectivity index (χ1v) is 16.2. The number of carbonyl (C=O) groups is 2. The van der Waals surface area contributed by atoms with Crippen molar-refractivity contribution in [3.63, 3.8) is 0 Å². The molecule has 0 bridgehead atoms. The highest BCUT2D eigenvalue weighted by molar-refractivity contribution is 7.98. The summed E-state index contributed by atoms with van der Waals surface area (Å²) >= 11 is 2.83. The lowest BCUT2D eigenvalue weighted by Crippen LogP contribution is -2.41. The molecule has 5 rings (SSSR count). The molecule has 0 spiro atoms. The van der Waals surface area contributed by atoms with Gasteiger partial charge in [-0.3, -0.25) is 14.2 Å². The molecule has 0 aliphatic carbocycles. The van der Waals surface area contributed by atoms with Crippen LogP contribution in [-0.4, -0.2) is 35.9 Å². The zero-order valence-electron chi connectivity index (χ0n) is 23.9. The van der Waals surface area contributed by atoms with E-state index in [4.69, 9.17) is 4.74 Å². The number of carbonyl (C=O) groups excluding carboxylic acids is 2. The first kappa shape index (κ1) is 29.1. The summed E-state index contributed by atoms with van der Waals surface area (Å²) in [4.78, 5) is 49.4. The molecule has 0 N–H and O–H groups in total. The predicted octanol–water partition coefficient (Wildman–Crippen LogP) is 5.21. The van der Waals surface area contributed by atoms with Gasteiger partial charge in [0.25, 0.3) is 11.5 Å². The van der Waals surface area contributed by atoms with E-state index in [0.717, 1.165) is 47.4 Å². The van der Waals surface area contributed by atoms with Crippen LogP contribution in [0.25, 0.3) is 5.57 Å². The Hall–Kier alpha value is -3.43. The van der Waals surface area contributed by atoms with Crippen LogP contribution in [0.5, 0.6) is 0 Å². The van der Waals surface area contributed by atoms with Gasteiger partial charge in [-0.1, -0.05) is 74.3 Å². The molecule has 1 aromatic heterocycles. The number of fused-ring (bicyclic) bond motifs is 2. The number of hydrogen-bond acceptors (Lipinski definition) is 7. The number of anilines is 1. The van der Waals surface area contributed by atoms with Crippen LogP contribution >= 0.6 is 23.1 Å². The fraction of sp³-hybridized carbons (Fsp3) is 0.375. The van der Waals surface area contributed by atoms with Crippen molar-refractivity contribution in [3.05, 3.63) is 90.6 Å². The van der Waals surface area contributed by atoms with E-state index in [-0.39, 0.29) is 18.1 Å². The monoisotopic (exact) mass is 589 g/mol. The van der Waals surface area contributed by atoms with Crippen molar-refractivity contribution in [1.29, 1.82) is 0 Å². The highest BCUT2D eigenvalue weighted by atomic mass is 32.2. The number of amides is 1. The lowest BCUT2D eigenvalue weighted by Gasteiger charge is -2.24. The van der Waals surface area contributed by atoms with E-state index in [1.165, 1.54) is 17.8 Å². The normalized spacial score (nSPS) is 17.4. The highest BCUT2D eigenvalue weighted by Crippen LogP contribution is 2.36. The Bertz CT molecular complexity index is 1680. The molecule has 0 saturated heterocycles. The number of unbranched alkanes of at least 4 members (excludes halogenated alkanes) is 4. The van der Waals surface area contributed by atoms with Crippen LogP contribution in [0.2, 0.25) is 0 Å². The fourth-order valence-electron chi connectivity index (χ4n) is 5.54. The molecule has 7 nitrogen and oxygen atoms in total. The largest absolute Gasteiger partial charge is 0.463 e. The van der Waals surface area contributed by atoms with E-state index < -0.39 is 12.0 Å². The number of allylic oxidation sites excluding steroid dienone is 1. The lowest BCUT2D eigenvalue weighted by molar-refractivity contribution is -0.139. The molecule has 1 unspecified atom stereocenters. The first-order valence-electron chi connectivity index (χ1n) is 14.2. The number of hydrogen-bond donors (Lipinski definition) is 0. The zero-order valence-corrected chi connectivity index (χ0v) is 25.6. The number of para-hydroxylation sites is 1. The van der Waals surface area contributed by atoms with Crippen molar-refractivity contribution >= 4 is 46.2 Å². The van der Waals surface area contributed by atoms with Crippen molar-refractivity contribution in [3.8, 4) is 0 Å². The van der Waals surface area contributed by atoms with Gasteiger partial charge in [0.1, 0.15) is 4.53 Å². The van der Waals surface area contributed by atoms with E-state index in [1.807, 2.05) is 59.7 Å². The lowest BCUT2D eigenvalue weighted by atomic mass is 9.96. The molecule has 0 radical (unpaired) electrons. The Balaban J connectivity index is 1.67. The molecule has 214 valence electrons. The van der Waals surface area contributed by atoms with Crippen molar-refractivity contribution in [1.82, 2.24) is 4.57 Å². The van der Waals surface area contributed by atoms with Gasteiger partial charge in [-0.05, 0) is 50.3 Å². The Morgan fingerprint density at radius 3 is 2.46 bits per heavy atom. The summed E-state index contributed by atoms with van der Waals surface area (Å²) in [5.74, 6) is -0.656. The topological polar surface area (TPSA) is 81.0 Å². The minimum absolute atomic E-state index is 0.158. The van der Waals surface area contributed by atoms with Crippen LogP contribution in [-0.2, 0) is 14.3 Å². The summed E-state index contributed by atoms with van der Waals surface area (Å²) < 4.78 is 7.32. The highest BCUT2D eigenvalue weighted by Gasteiger charge is 2.37. The molecular formula is C32H35N3O4S2. The number of ether oxygens (including phenoxy) is 1. The summed E-state index contributed by atoms with van der Waals surface area (Å²) in [5, 5.41) is 0. The number of benzene rings is 2. The zero-order chi connectivity index (χ0) is 29.1. The molecule has 2 aliphatic heterocycles. The van der Waals surface area contributed by atoms with E-state index in [2.05, 4.69) is 11.9 Å². The third kappa shape index (κ3) is 5.45. The van der Waals surface area contributed by atoms with Crippen molar-refractivity contribution in [2.24, 2.45) is 4.99 Å². The van der Waals surface area contributed by atoms with Gasteiger partial charge in [-0.25, -0.2) is 9.79 Å². The summed E-state index contributed by atoms with van der Waals surface area (Å²) in [7, 11) is 0. The Kier molecular flexibility index (Phi) is 8.94. The predicted molar refractivity (Wildman–Crippen MR) is 165 cm³/mol. The molecule has 1 atom stereocenters. The fourth-order valence-corrected chi connectivity index (χ4v) is 7.08. The standard InChI is InChI=1S/C32H35N3O4S2/c1-5-7-8-9-12-19-34-24-14-11-10-13-23(24)26(29(34)36)28-30(37)35-27(21-15-17-22(40-4)18-16-21)25(31(38)39-6-2)20(3)33-32(35)41-28/h10-11,13-18,27H,5-9,12,19H2,1-4H3. The second-order valence-corrected chi connectivity index (χ2v) is 12.0. The van der Waals surface area contributed by atoms with Gasteiger partial charge in [0.2, 0.25) is 0 Å². The number of thioether (sulfide) groups is 1. The molecule has 1 amide bonds. The number of aromatic nitrogens is 1. The van der Waals surface area contributed by atoms with Crippen LogP contribution < -0.4 is 19.8 Å². The second-order valence-electron chi connectivity index (χ2n) is 10.2. The Labute approximate surface area is 248 Å². The molecular weight excluding hydrogens is 555 g/mol. The SMILES string of the molecule is CCCCCCCN1C(=O)C(=c2sc3n(c2=O)C(c2ccc(SC)cc2)C(C(=O)OCC)=C(C)N=3)c2ccccc21. The van der Waals surface area contributed by atoms with Gasteiger partial charge in [0, 0.05) is 17.0 Å². The molecule has 41 heavy (non-hydrogen) atoms. The number of thiazole rings is 1. The van der Waals surface area contributed by atoms with E-state index >= 15 is 0 Å². The Morgan fingerprint density at radius 2 is 1.76 bits per heavy atom. The van der Waals surface area contributed by atoms with Gasteiger partial charge in [-0.15, -0.1) is 11.8 Å². The van der Waals surface area contributed by atoms with Crippen molar-refractivity contribution in [2.75, 3.05) is 24.3 Å². The van der Waals surface area contributed by atoms with E-state index in [9.17, 15) is 14.4 Å². The van der Waals surface area contributed by atoms with Gasteiger partial charge in [-0.2, -0.15) is 0 Å². The molecule has 2 aliphatic rings. The average molecular weight is 590 g/mol. The third-order valence-corrected chi connectivity index (χ3v) is 9.36. The average Bonchev–Trinajstić information content (AvgIpc) is 3.44. The quantitative estimate of drug-likeness (QED) is 0.184. The third-order valence-electron chi connectivity index (χ3n) is 7.56. The first-order chi connectivity index (χ1) is 19.9. The molecule has 2 aromatic carbocycles. The molecule has 3 heterocycles. The smallest absolute Gasteiger partial charge is 0.338 e. The second kappa shape index (κ2) is 12.6. The summed E-state index contributed by atoms with van der Waals surface area (Å²) in [5.41, 5.74) is 3.30. The molecule has 3 aromatic rings. The minimum atomic E-state index is -0.711. The minimum Gasteiger partial charge on any atom is -0.463 e. The maximum atomic E-state index is 14.3. The van der Waals surface area contributed by atoms with E-state index in [0.29, 0.717) is 32.7 Å². The summed E-state index contributed by atoms with van der Waals surface area (Å²) in [6.07, 6.45) is 7.46. The number of esters is 1. The van der Waals surface area contributed by atoms with Crippen LogP contribution in [0, 0.1) is 0 Å². The van der Waals surface area contributed by atoms with Gasteiger partial charge < -0.3 is 9.64 Å². The maximum absolute atomic E-state index is 14.3. The molecule has 9 heteroatoms.